The lowest BCUT2D eigenvalue weighted by atomic mass is 10.1. The van der Waals surface area contributed by atoms with Gasteiger partial charge in [0.25, 0.3) is 5.16 Å². The van der Waals surface area contributed by atoms with Crippen LogP contribution >= 0.6 is 0 Å². The first kappa shape index (κ1) is 26.4. The van der Waals surface area contributed by atoms with E-state index in [1.807, 2.05) is 12.1 Å². The molecule has 0 aliphatic carbocycles. The Morgan fingerprint density at radius 1 is 1.11 bits per heavy atom. The molecule has 4 atom stereocenters. The minimum Gasteiger partial charge on any atom is -0.394 e. The van der Waals surface area contributed by atoms with Crippen LogP contribution < -0.4 is 5.32 Å². The Balaban J connectivity index is 1.70. The van der Waals surface area contributed by atoms with Gasteiger partial charge in [0, 0.05) is 6.54 Å². The van der Waals surface area contributed by atoms with Gasteiger partial charge in [0.2, 0.25) is 9.84 Å². The highest BCUT2D eigenvalue weighted by molar-refractivity contribution is 7.91. The third-order valence-electron chi connectivity index (χ3n) is 6.37. The maximum atomic E-state index is 13.0. The number of rotatable bonds is 10. The summed E-state index contributed by atoms with van der Waals surface area (Å²) in [4.78, 5) is 12.9. The average molecular weight is 520 g/mol. The number of aromatic nitrogens is 4. The van der Waals surface area contributed by atoms with Crippen molar-refractivity contribution in [3.05, 3.63) is 41.7 Å². The second kappa shape index (κ2) is 10.8. The molecule has 12 heteroatoms. The molecule has 4 N–H and O–H groups in total. The summed E-state index contributed by atoms with van der Waals surface area (Å²) in [5.41, 5.74) is 2.65. The van der Waals surface area contributed by atoms with Gasteiger partial charge in [0.15, 0.2) is 23.2 Å². The summed E-state index contributed by atoms with van der Waals surface area (Å²) < 4.78 is 32.9. The number of anilines is 1. The van der Waals surface area contributed by atoms with Gasteiger partial charge >= 0.3 is 0 Å². The molecule has 3 heterocycles. The second-order valence-corrected chi connectivity index (χ2v) is 11.7. The molecule has 0 spiro atoms. The molecule has 0 radical (unpaired) electrons. The van der Waals surface area contributed by atoms with Gasteiger partial charge in [0.05, 0.1) is 18.2 Å². The summed E-state index contributed by atoms with van der Waals surface area (Å²) >= 11 is 0. The molecule has 0 bridgehead atoms. The lowest BCUT2D eigenvalue weighted by Crippen LogP contribution is -2.33. The number of hydrogen-bond acceptors (Lipinski definition) is 10. The molecule has 0 amide bonds. The zero-order chi connectivity index (χ0) is 26.0. The van der Waals surface area contributed by atoms with Crippen molar-refractivity contribution in [1.29, 1.82) is 0 Å². The van der Waals surface area contributed by atoms with E-state index in [1.165, 1.54) is 16.5 Å². The quantitative estimate of drug-likeness (QED) is 0.290. The van der Waals surface area contributed by atoms with Gasteiger partial charge in [-0.3, -0.25) is 4.57 Å². The van der Waals surface area contributed by atoms with E-state index in [4.69, 9.17) is 4.74 Å². The highest BCUT2D eigenvalue weighted by atomic mass is 32.2. The Bertz CT molecular complexity index is 1290. The van der Waals surface area contributed by atoms with Gasteiger partial charge in [-0.25, -0.2) is 13.4 Å². The smallest absolute Gasteiger partial charge is 0.251 e. The summed E-state index contributed by atoms with van der Waals surface area (Å²) in [6.07, 6.45) is -0.189. The zero-order valence-corrected chi connectivity index (χ0v) is 21.4. The molecule has 4 rings (SSSR count). The minimum absolute atomic E-state index is 0.122. The second-order valence-electron chi connectivity index (χ2n) is 9.28. The summed E-state index contributed by atoms with van der Waals surface area (Å²) in [6.45, 7) is 5.12. The van der Waals surface area contributed by atoms with Crippen LogP contribution in [0.1, 0.15) is 51.0 Å². The summed E-state index contributed by atoms with van der Waals surface area (Å²) in [5.74, 6) is 0.222. The lowest BCUT2D eigenvalue weighted by Gasteiger charge is -2.17. The number of nitrogens with zero attached hydrogens (tertiary/aromatic N) is 4. The number of aryl methyl sites for hydroxylation is 1. The third-order valence-corrected chi connectivity index (χ3v) is 8.30. The number of unbranched alkanes of at least 4 members (excludes halogenated alkanes) is 1. The number of fused-ring (bicyclic) bond motifs is 1. The predicted molar refractivity (Wildman–Crippen MR) is 133 cm³/mol. The van der Waals surface area contributed by atoms with Crippen LogP contribution in [0.15, 0.2) is 35.7 Å². The van der Waals surface area contributed by atoms with E-state index >= 15 is 0 Å². The monoisotopic (exact) mass is 519 g/mol. The highest BCUT2D eigenvalue weighted by Crippen LogP contribution is 2.33. The molecular formula is C24H33N5O6S. The van der Waals surface area contributed by atoms with Crippen LogP contribution in [0.4, 0.5) is 5.82 Å². The van der Waals surface area contributed by atoms with Crippen LogP contribution in [0.25, 0.3) is 11.2 Å². The third kappa shape index (κ3) is 5.09. The Hall–Kier alpha value is -2.64. The number of hydrogen-bond donors (Lipinski definition) is 4. The van der Waals surface area contributed by atoms with Crippen molar-refractivity contribution < 1.29 is 28.5 Å². The van der Waals surface area contributed by atoms with Crippen molar-refractivity contribution in [3.63, 3.8) is 0 Å². The van der Waals surface area contributed by atoms with Crippen LogP contribution in [-0.2, 0) is 27.5 Å². The number of ether oxygens (including phenoxy) is 1. The number of aliphatic hydroxyl groups is 3. The number of sulfone groups is 1. The van der Waals surface area contributed by atoms with E-state index in [1.54, 1.807) is 13.8 Å². The van der Waals surface area contributed by atoms with Crippen LogP contribution in [0.3, 0.4) is 0 Å². The molecule has 0 saturated carbocycles. The predicted octanol–water partition coefficient (Wildman–Crippen LogP) is 1.57. The number of benzene rings is 1. The minimum atomic E-state index is -3.84. The van der Waals surface area contributed by atoms with E-state index in [2.05, 4.69) is 39.3 Å². The Kier molecular flexibility index (Phi) is 7.90. The van der Waals surface area contributed by atoms with E-state index in [-0.39, 0.29) is 22.1 Å². The van der Waals surface area contributed by atoms with Gasteiger partial charge in [-0.15, -0.1) is 0 Å². The standard InChI is InChI=1S/C24H33N5O6S/c1-4-5-6-15-7-9-16(10-8-15)11-25-21-18-22(28-24(27-21)36(33,34)14(2)3)29(13-26-18)23-20(32)19(31)17(12-30)35-23/h7-10,13-14,17,19-20,23,30-32H,4-6,11-12H2,1-3H3,(H,25,27,28)/t17-,19-,20-,23-/m1/s1. The largest absolute Gasteiger partial charge is 0.394 e. The molecule has 1 saturated heterocycles. The van der Waals surface area contributed by atoms with E-state index < -0.39 is 46.2 Å². The Morgan fingerprint density at radius 3 is 2.42 bits per heavy atom. The Labute approximate surface area is 210 Å². The maximum Gasteiger partial charge on any atom is 0.251 e. The molecule has 36 heavy (non-hydrogen) atoms. The number of imidazole rings is 1. The van der Waals surface area contributed by atoms with Gasteiger partial charge in [-0.1, -0.05) is 37.6 Å². The summed E-state index contributed by atoms with van der Waals surface area (Å²) in [6, 6.07) is 8.18. The SMILES string of the molecule is CCCCc1ccc(CNc2nc(S(=O)(=O)C(C)C)nc3c2ncn3[C@@H]2O[C@H](CO)[C@@H](O)[C@H]2O)cc1. The van der Waals surface area contributed by atoms with E-state index in [0.29, 0.717) is 6.54 Å². The molecule has 3 aromatic rings. The fourth-order valence-electron chi connectivity index (χ4n) is 4.04. The molecule has 1 aromatic carbocycles. The van der Waals surface area contributed by atoms with Crippen molar-refractivity contribution in [2.24, 2.45) is 0 Å². The molecule has 1 fully saturated rings. The van der Waals surface area contributed by atoms with Crippen molar-refractivity contribution in [2.45, 2.75) is 81.5 Å². The van der Waals surface area contributed by atoms with Crippen molar-refractivity contribution in [1.82, 2.24) is 19.5 Å². The van der Waals surface area contributed by atoms with Crippen LogP contribution in [0.2, 0.25) is 0 Å². The zero-order valence-electron chi connectivity index (χ0n) is 20.6. The van der Waals surface area contributed by atoms with Gasteiger partial charge in [-0.2, -0.15) is 9.97 Å². The van der Waals surface area contributed by atoms with Crippen LogP contribution in [0, 0.1) is 0 Å². The fraction of sp³-hybridized carbons (Fsp3) is 0.542. The van der Waals surface area contributed by atoms with E-state index in [0.717, 1.165) is 24.8 Å². The molecular weight excluding hydrogens is 486 g/mol. The molecule has 196 valence electrons. The van der Waals surface area contributed by atoms with Crippen LogP contribution in [-0.4, -0.2) is 73.4 Å². The van der Waals surface area contributed by atoms with Crippen LogP contribution in [0.5, 0.6) is 0 Å². The van der Waals surface area contributed by atoms with Gasteiger partial charge in [0.1, 0.15) is 18.3 Å². The molecule has 2 aromatic heterocycles. The van der Waals surface area contributed by atoms with Crippen molar-refractivity contribution in [3.8, 4) is 0 Å². The first-order valence-electron chi connectivity index (χ1n) is 12.1. The first-order valence-corrected chi connectivity index (χ1v) is 13.6. The molecule has 11 nitrogen and oxygen atoms in total. The molecule has 1 aliphatic rings. The molecule has 1 aliphatic heterocycles. The first-order chi connectivity index (χ1) is 17.2. The summed E-state index contributed by atoms with van der Waals surface area (Å²) in [5, 5.41) is 32.2. The van der Waals surface area contributed by atoms with Crippen molar-refractivity contribution >= 4 is 26.8 Å². The van der Waals surface area contributed by atoms with Gasteiger partial charge < -0.3 is 25.4 Å². The van der Waals surface area contributed by atoms with E-state index in [9.17, 15) is 23.7 Å². The fourth-order valence-corrected chi connectivity index (χ4v) is 4.90. The average Bonchev–Trinajstić information content (AvgIpc) is 3.42. The normalized spacial score (nSPS) is 22.5. The number of aliphatic hydroxyl groups excluding tert-OH is 3. The maximum absolute atomic E-state index is 13.0. The highest BCUT2D eigenvalue weighted by Gasteiger charge is 2.44. The molecule has 0 unspecified atom stereocenters. The topological polar surface area (TPSA) is 160 Å². The van der Waals surface area contributed by atoms with Gasteiger partial charge in [-0.05, 0) is 37.8 Å². The number of nitrogens with one attached hydrogen (secondary N) is 1. The Morgan fingerprint density at radius 2 is 1.81 bits per heavy atom. The summed E-state index contributed by atoms with van der Waals surface area (Å²) in [7, 11) is -3.84. The van der Waals surface area contributed by atoms with Crippen molar-refractivity contribution in [2.75, 3.05) is 11.9 Å². The lowest BCUT2D eigenvalue weighted by molar-refractivity contribution is -0.0511.